The fraction of sp³-hybridized carbons (Fsp3) is 0.667. The minimum atomic E-state index is 0.437. The van der Waals surface area contributed by atoms with Crippen molar-refractivity contribution in [1.82, 2.24) is 10.2 Å². The summed E-state index contributed by atoms with van der Waals surface area (Å²) in [6.07, 6.45) is 2.43. The Bertz CT molecular complexity index is 400. The van der Waals surface area contributed by atoms with E-state index in [-0.39, 0.29) is 0 Å². The Kier molecular flexibility index (Phi) is 5.22. The maximum absolute atomic E-state index is 3.77. The van der Waals surface area contributed by atoms with Crippen molar-refractivity contribution in [2.45, 2.75) is 58.7 Å². The monoisotopic (exact) mass is 274 g/mol. The third-order valence-electron chi connectivity index (χ3n) is 4.50. The van der Waals surface area contributed by atoms with Gasteiger partial charge in [0.2, 0.25) is 0 Å². The summed E-state index contributed by atoms with van der Waals surface area (Å²) in [7, 11) is 2.22. The van der Waals surface area contributed by atoms with E-state index < -0.39 is 0 Å². The highest BCUT2D eigenvalue weighted by molar-refractivity contribution is 5.25. The second kappa shape index (κ2) is 6.73. The molecule has 1 fully saturated rings. The summed E-state index contributed by atoms with van der Waals surface area (Å²) >= 11 is 0. The van der Waals surface area contributed by atoms with Crippen LogP contribution in [0.3, 0.4) is 0 Å². The van der Waals surface area contributed by atoms with E-state index in [0.29, 0.717) is 18.1 Å². The molecule has 0 saturated carbocycles. The van der Waals surface area contributed by atoms with E-state index in [0.717, 1.165) is 12.5 Å². The molecule has 0 bridgehead atoms. The highest BCUT2D eigenvalue weighted by atomic mass is 15.2. The zero-order valence-corrected chi connectivity index (χ0v) is 13.7. The zero-order valence-electron chi connectivity index (χ0n) is 13.7. The lowest BCUT2D eigenvalue weighted by atomic mass is 9.99. The van der Waals surface area contributed by atoms with Crippen LogP contribution in [0.1, 0.15) is 51.3 Å². The van der Waals surface area contributed by atoms with Crippen molar-refractivity contribution in [3.8, 4) is 0 Å². The Morgan fingerprint density at radius 3 is 2.35 bits per heavy atom. The molecular weight excluding hydrogens is 244 g/mol. The summed E-state index contributed by atoms with van der Waals surface area (Å²) in [5, 5.41) is 3.77. The molecule has 0 amide bonds. The maximum Gasteiger partial charge on any atom is 0.0294 e. The van der Waals surface area contributed by atoms with Crippen LogP contribution < -0.4 is 5.32 Å². The molecule has 2 nitrogen and oxygen atoms in total. The number of hydrogen-bond acceptors (Lipinski definition) is 2. The molecule has 1 aliphatic rings. The first kappa shape index (κ1) is 15.5. The predicted octanol–water partition coefficient (Wildman–Crippen LogP) is 3.63. The predicted molar refractivity (Wildman–Crippen MR) is 87.0 cm³/mol. The van der Waals surface area contributed by atoms with Gasteiger partial charge in [-0.3, -0.25) is 0 Å². The van der Waals surface area contributed by atoms with Crippen LogP contribution in [0.2, 0.25) is 0 Å². The zero-order chi connectivity index (χ0) is 14.7. The highest BCUT2D eigenvalue weighted by Crippen LogP contribution is 2.20. The van der Waals surface area contributed by atoms with Gasteiger partial charge in [0.05, 0.1) is 0 Å². The number of likely N-dealkylation sites (tertiary alicyclic amines) is 1. The smallest absolute Gasteiger partial charge is 0.0294 e. The average Bonchev–Trinajstić information content (AvgIpc) is 2.68. The van der Waals surface area contributed by atoms with E-state index >= 15 is 0 Å². The van der Waals surface area contributed by atoms with Crippen LogP contribution >= 0.6 is 0 Å². The van der Waals surface area contributed by atoms with Gasteiger partial charge in [-0.1, -0.05) is 38.1 Å². The van der Waals surface area contributed by atoms with Gasteiger partial charge >= 0.3 is 0 Å². The molecule has 1 aromatic carbocycles. The molecule has 0 radical (unpaired) electrons. The second-order valence-electron chi connectivity index (χ2n) is 6.95. The van der Waals surface area contributed by atoms with Gasteiger partial charge in [-0.25, -0.2) is 0 Å². The number of nitrogens with one attached hydrogen (secondary N) is 1. The molecule has 0 aliphatic carbocycles. The number of likely N-dealkylation sites (N-methyl/N-ethyl adjacent to an activating group) is 1. The average molecular weight is 274 g/mol. The molecule has 1 saturated heterocycles. The van der Waals surface area contributed by atoms with E-state index in [1.807, 2.05) is 0 Å². The van der Waals surface area contributed by atoms with Crippen LogP contribution in [-0.4, -0.2) is 30.6 Å². The maximum atomic E-state index is 3.77. The van der Waals surface area contributed by atoms with Crippen molar-refractivity contribution in [2.75, 3.05) is 13.6 Å². The molecule has 20 heavy (non-hydrogen) atoms. The van der Waals surface area contributed by atoms with Gasteiger partial charge < -0.3 is 10.2 Å². The third-order valence-corrected chi connectivity index (χ3v) is 4.50. The molecule has 1 N–H and O–H groups in total. The van der Waals surface area contributed by atoms with Crippen molar-refractivity contribution < 1.29 is 0 Å². The van der Waals surface area contributed by atoms with Crippen LogP contribution in [0.4, 0.5) is 0 Å². The van der Waals surface area contributed by atoms with Gasteiger partial charge in [-0.15, -0.1) is 0 Å². The van der Waals surface area contributed by atoms with Crippen LogP contribution in [0.25, 0.3) is 0 Å². The van der Waals surface area contributed by atoms with Gasteiger partial charge in [-0.2, -0.15) is 0 Å². The molecule has 1 heterocycles. The summed E-state index contributed by atoms with van der Waals surface area (Å²) in [6.45, 7) is 10.3. The molecule has 3 unspecified atom stereocenters. The van der Waals surface area contributed by atoms with Crippen molar-refractivity contribution >= 4 is 0 Å². The van der Waals surface area contributed by atoms with Gasteiger partial charge in [0, 0.05) is 24.7 Å². The molecule has 112 valence electrons. The Balaban J connectivity index is 1.91. The summed E-state index contributed by atoms with van der Waals surface area (Å²) in [6, 6.07) is 10.9. The van der Waals surface area contributed by atoms with E-state index in [1.165, 1.54) is 24.0 Å². The normalized spacial score (nSPS) is 25.3. The standard InChI is InChI=1S/C18H30N2/c1-13(2)10-16-6-8-17(9-7-16)15(4)19-18-11-14(3)20(5)12-18/h6-9,13-15,18-19H,10-12H2,1-5H3. The minimum absolute atomic E-state index is 0.437. The first-order valence-corrected chi connectivity index (χ1v) is 8.00. The molecule has 0 spiro atoms. The summed E-state index contributed by atoms with van der Waals surface area (Å²) in [4.78, 5) is 2.44. The number of benzene rings is 1. The Morgan fingerprint density at radius 1 is 1.20 bits per heavy atom. The fourth-order valence-electron chi connectivity index (χ4n) is 3.18. The Labute approximate surface area is 124 Å². The molecular formula is C18H30N2. The molecule has 3 atom stereocenters. The summed E-state index contributed by atoms with van der Waals surface area (Å²) in [5.74, 6) is 0.729. The summed E-state index contributed by atoms with van der Waals surface area (Å²) in [5.41, 5.74) is 2.85. The minimum Gasteiger partial charge on any atom is -0.306 e. The topological polar surface area (TPSA) is 15.3 Å². The number of nitrogens with zero attached hydrogens (tertiary/aromatic N) is 1. The third kappa shape index (κ3) is 4.07. The van der Waals surface area contributed by atoms with Crippen LogP contribution in [0.15, 0.2) is 24.3 Å². The van der Waals surface area contributed by atoms with Crippen LogP contribution in [-0.2, 0) is 6.42 Å². The van der Waals surface area contributed by atoms with Gasteiger partial charge in [0.15, 0.2) is 0 Å². The van der Waals surface area contributed by atoms with Crippen LogP contribution in [0.5, 0.6) is 0 Å². The van der Waals surface area contributed by atoms with Crippen LogP contribution in [0, 0.1) is 5.92 Å². The Hall–Kier alpha value is -0.860. The van der Waals surface area contributed by atoms with Crippen molar-refractivity contribution in [3.05, 3.63) is 35.4 Å². The molecule has 2 heteroatoms. The molecule has 1 aromatic rings. The second-order valence-corrected chi connectivity index (χ2v) is 6.95. The fourth-order valence-corrected chi connectivity index (χ4v) is 3.18. The Morgan fingerprint density at radius 2 is 1.85 bits per heavy atom. The largest absolute Gasteiger partial charge is 0.306 e. The molecule has 1 aliphatic heterocycles. The van der Waals surface area contributed by atoms with E-state index in [1.54, 1.807) is 0 Å². The van der Waals surface area contributed by atoms with Crippen molar-refractivity contribution in [3.63, 3.8) is 0 Å². The van der Waals surface area contributed by atoms with E-state index in [4.69, 9.17) is 0 Å². The SMILES string of the molecule is CC(C)Cc1ccc(C(C)NC2CC(C)N(C)C2)cc1. The first-order chi connectivity index (χ1) is 9.45. The van der Waals surface area contributed by atoms with Crippen molar-refractivity contribution in [2.24, 2.45) is 5.92 Å². The lowest BCUT2D eigenvalue weighted by Crippen LogP contribution is -2.33. The van der Waals surface area contributed by atoms with Gasteiger partial charge in [-0.05, 0) is 50.8 Å². The molecule has 0 aromatic heterocycles. The van der Waals surface area contributed by atoms with Crippen molar-refractivity contribution in [1.29, 1.82) is 0 Å². The summed E-state index contributed by atoms with van der Waals surface area (Å²) < 4.78 is 0. The lowest BCUT2D eigenvalue weighted by molar-refractivity contribution is 0.325. The van der Waals surface area contributed by atoms with E-state index in [9.17, 15) is 0 Å². The molecule has 2 rings (SSSR count). The van der Waals surface area contributed by atoms with Gasteiger partial charge in [0.1, 0.15) is 0 Å². The highest BCUT2D eigenvalue weighted by Gasteiger charge is 2.26. The number of hydrogen-bond donors (Lipinski definition) is 1. The lowest BCUT2D eigenvalue weighted by Gasteiger charge is -2.20. The van der Waals surface area contributed by atoms with E-state index in [2.05, 4.69) is 69.2 Å². The number of rotatable bonds is 5. The first-order valence-electron chi connectivity index (χ1n) is 8.00. The quantitative estimate of drug-likeness (QED) is 0.882. The van der Waals surface area contributed by atoms with Gasteiger partial charge in [0.25, 0.3) is 0 Å².